The predicted octanol–water partition coefficient (Wildman–Crippen LogP) is 4.66. The fourth-order valence-electron chi connectivity index (χ4n) is 1.48. The van der Waals surface area contributed by atoms with E-state index in [2.05, 4.69) is 23.3 Å². The van der Waals surface area contributed by atoms with Gasteiger partial charge in [0.15, 0.2) is 5.13 Å². The lowest BCUT2D eigenvalue weighted by Gasteiger charge is -2.02. The largest absolute Gasteiger partial charge is 0.362 e. The van der Waals surface area contributed by atoms with Crippen LogP contribution in [0.25, 0.3) is 0 Å². The molecule has 18 heavy (non-hydrogen) atoms. The smallest absolute Gasteiger partial charge is 0.182 e. The van der Waals surface area contributed by atoms with Crippen molar-refractivity contribution in [1.29, 1.82) is 0 Å². The molecule has 0 aliphatic heterocycles. The highest BCUT2D eigenvalue weighted by Crippen LogP contribution is 2.26. The van der Waals surface area contributed by atoms with Gasteiger partial charge in [0.25, 0.3) is 0 Å². The molecule has 0 amide bonds. The number of thiazole rings is 1. The van der Waals surface area contributed by atoms with Crippen molar-refractivity contribution in [2.75, 3.05) is 11.9 Å². The molecular formula is C13H15ClN2S2. The molecule has 0 unspecified atom stereocenters. The monoisotopic (exact) mass is 298 g/mol. The van der Waals surface area contributed by atoms with Crippen molar-refractivity contribution in [2.24, 2.45) is 0 Å². The van der Waals surface area contributed by atoms with Crippen LogP contribution >= 0.6 is 34.7 Å². The Morgan fingerprint density at radius 3 is 2.94 bits per heavy atom. The lowest BCUT2D eigenvalue weighted by Crippen LogP contribution is -1.94. The Labute approximate surface area is 121 Å². The van der Waals surface area contributed by atoms with E-state index in [1.807, 2.05) is 36.2 Å². The van der Waals surface area contributed by atoms with E-state index in [1.165, 1.54) is 10.4 Å². The van der Waals surface area contributed by atoms with Gasteiger partial charge in [-0.3, -0.25) is 0 Å². The van der Waals surface area contributed by atoms with Crippen LogP contribution in [0, 0.1) is 0 Å². The third-order valence-electron chi connectivity index (χ3n) is 2.34. The summed E-state index contributed by atoms with van der Waals surface area (Å²) < 4.78 is 0. The number of benzene rings is 1. The van der Waals surface area contributed by atoms with Gasteiger partial charge in [0, 0.05) is 34.1 Å². The molecular weight excluding hydrogens is 284 g/mol. The van der Waals surface area contributed by atoms with E-state index in [0.717, 1.165) is 28.2 Å². The minimum absolute atomic E-state index is 0.850. The lowest BCUT2D eigenvalue weighted by molar-refractivity contribution is 1.19. The van der Waals surface area contributed by atoms with Crippen molar-refractivity contribution >= 4 is 39.8 Å². The number of anilines is 1. The molecule has 0 spiro atoms. The molecule has 0 saturated carbocycles. The van der Waals surface area contributed by atoms with E-state index in [9.17, 15) is 0 Å². The molecule has 0 aliphatic rings. The van der Waals surface area contributed by atoms with Gasteiger partial charge in [-0.15, -0.1) is 11.3 Å². The SMILES string of the molecule is CCNc1ncc(CSCc2ccccc2Cl)s1. The summed E-state index contributed by atoms with van der Waals surface area (Å²) >= 11 is 9.70. The minimum Gasteiger partial charge on any atom is -0.362 e. The highest BCUT2D eigenvalue weighted by molar-refractivity contribution is 7.97. The van der Waals surface area contributed by atoms with Gasteiger partial charge in [-0.05, 0) is 18.6 Å². The second-order valence-corrected chi connectivity index (χ2v) is 6.25. The van der Waals surface area contributed by atoms with Crippen LogP contribution in [0.4, 0.5) is 5.13 Å². The highest BCUT2D eigenvalue weighted by atomic mass is 35.5. The van der Waals surface area contributed by atoms with Gasteiger partial charge in [0.05, 0.1) is 0 Å². The van der Waals surface area contributed by atoms with Crippen LogP contribution < -0.4 is 5.32 Å². The van der Waals surface area contributed by atoms with Crippen molar-refractivity contribution in [1.82, 2.24) is 4.98 Å². The maximum absolute atomic E-state index is 6.12. The maximum atomic E-state index is 6.12. The van der Waals surface area contributed by atoms with Crippen LogP contribution in [0.1, 0.15) is 17.4 Å². The van der Waals surface area contributed by atoms with Crippen LogP contribution in [-0.4, -0.2) is 11.5 Å². The first-order valence-corrected chi connectivity index (χ1v) is 8.14. The Bertz CT molecular complexity index is 499. The van der Waals surface area contributed by atoms with E-state index in [4.69, 9.17) is 11.6 Å². The summed E-state index contributed by atoms with van der Waals surface area (Å²) in [6.45, 7) is 2.99. The molecule has 96 valence electrons. The van der Waals surface area contributed by atoms with E-state index in [-0.39, 0.29) is 0 Å². The molecule has 2 nitrogen and oxygen atoms in total. The zero-order valence-corrected chi connectivity index (χ0v) is 12.5. The molecule has 0 aliphatic carbocycles. The minimum atomic E-state index is 0.850. The average Bonchev–Trinajstić information content (AvgIpc) is 2.80. The molecule has 1 N–H and O–H groups in total. The van der Waals surface area contributed by atoms with Gasteiger partial charge in [0.1, 0.15) is 0 Å². The topological polar surface area (TPSA) is 24.9 Å². The Balaban J connectivity index is 1.83. The molecule has 0 atom stereocenters. The Morgan fingerprint density at radius 1 is 1.33 bits per heavy atom. The third-order valence-corrected chi connectivity index (χ3v) is 4.88. The van der Waals surface area contributed by atoms with Crippen LogP contribution in [0.3, 0.4) is 0 Å². The van der Waals surface area contributed by atoms with Crippen molar-refractivity contribution in [3.63, 3.8) is 0 Å². The van der Waals surface area contributed by atoms with Crippen molar-refractivity contribution in [2.45, 2.75) is 18.4 Å². The van der Waals surface area contributed by atoms with Crippen LogP contribution in [0.15, 0.2) is 30.5 Å². The fourth-order valence-corrected chi connectivity index (χ4v) is 3.78. The molecule has 0 bridgehead atoms. The third kappa shape index (κ3) is 3.90. The summed E-state index contributed by atoms with van der Waals surface area (Å²) in [4.78, 5) is 5.61. The average molecular weight is 299 g/mol. The van der Waals surface area contributed by atoms with Gasteiger partial charge in [-0.2, -0.15) is 11.8 Å². The van der Waals surface area contributed by atoms with Gasteiger partial charge >= 0.3 is 0 Å². The summed E-state index contributed by atoms with van der Waals surface area (Å²) in [5.74, 6) is 1.92. The second-order valence-electron chi connectivity index (χ2n) is 3.75. The summed E-state index contributed by atoms with van der Waals surface area (Å²) in [5, 5.41) is 5.08. The predicted molar refractivity (Wildman–Crippen MR) is 82.7 cm³/mol. The molecule has 0 fully saturated rings. The van der Waals surface area contributed by atoms with Gasteiger partial charge < -0.3 is 5.32 Å². The molecule has 1 aromatic heterocycles. The second kappa shape index (κ2) is 7.02. The Hall–Kier alpha value is -0.710. The standard InChI is InChI=1S/C13H15ClN2S2/c1-2-15-13-16-7-11(18-13)9-17-8-10-5-3-4-6-12(10)14/h3-7H,2,8-9H2,1H3,(H,15,16). The zero-order chi connectivity index (χ0) is 12.8. The first-order chi connectivity index (χ1) is 8.79. The van der Waals surface area contributed by atoms with E-state index in [1.54, 1.807) is 11.3 Å². The van der Waals surface area contributed by atoms with Gasteiger partial charge in [-0.1, -0.05) is 29.8 Å². The van der Waals surface area contributed by atoms with Gasteiger partial charge in [0.2, 0.25) is 0 Å². The summed E-state index contributed by atoms with van der Waals surface area (Å²) in [5.41, 5.74) is 1.19. The summed E-state index contributed by atoms with van der Waals surface area (Å²) in [6, 6.07) is 8.00. The van der Waals surface area contributed by atoms with E-state index >= 15 is 0 Å². The maximum Gasteiger partial charge on any atom is 0.182 e. The number of nitrogens with zero attached hydrogens (tertiary/aromatic N) is 1. The number of hydrogen-bond acceptors (Lipinski definition) is 4. The zero-order valence-electron chi connectivity index (χ0n) is 10.1. The summed E-state index contributed by atoms with van der Waals surface area (Å²) in [7, 11) is 0. The molecule has 0 saturated heterocycles. The van der Waals surface area contributed by atoms with Crippen molar-refractivity contribution in [3.8, 4) is 0 Å². The van der Waals surface area contributed by atoms with Crippen LogP contribution in [0.2, 0.25) is 5.02 Å². The summed E-state index contributed by atoms with van der Waals surface area (Å²) in [6.07, 6.45) is 1.95. The number of aromatic nitrogens is 1. The first kappa shape index (κ1) is 13.7. The Morgan fingerprint density at radius 2 is 2.17 bits per heavy atom. The van der Waals surface area contributed by atoms with E-state index < -0.39 is 0 Å². The number of rotatable bonds is 6. The number of nitrogens with one attached hydrogen (secondary N) is 1. The normalized spacial score (nSPS) is 10.6. The van der Waals surface area contributed by atoms with Gasteiger partial charge in [-0.25, -0.2) is 4.98 Å². The van der Waals surface area contributed by atoms with E-state index in [0.29, 0.717) is 0 Å². The van der Waals surface area contributed by atoms with Crippen molar-refractivity contribution < 1.29 is 0 Å². The number of thioether (sulfide) groups is 1. The molecule has 5 heteroatoms. The quantitative estimate of drug-likeness (QED) is 0.839. The molecule has 0 radical (unpaired) electrons. The fraction of sp³-hybridized carbons (Fsp3) is 0.308. The Kier molecular flexibility index (Phi) is 5.35. The lowest BCUT2D eigenvalue weighted by atomic mass is 10.2. The molecule has 2 rings (SSSR count). The van der Waals surface area contributed by atoms with Crippen LogP contribution in [-0.2, 0) is 11.5 Å². The molecule has 1 aromatic carbocycles. The molecule has 1 heterocycles. The van der Waals surface area contributed by atoms with Crippen LogP contribution in [0.5, 0.6) is 0 Å². The number of hydrogen-bond donors (Lipinski definition) is 1. The first-order valence-electron chi connectivity index (χ1n) is 5.79. The molecule has 2 aromatic rings. The van der Waals surface area contributed by atoms with Crippen molar-refractivity contribution in [3.05, 3.63) is 45.9 Å². The number of halogens is 1. The highest BCUT2D eigenvalue weighted by Gasteiger charge is 2.03.